The van der Waals surface area contributed by atoms with Gasteiger partial charge in [-0.3, -0.25) is 9.69 Å². The molecule has 0 aromatic heterocycles. The van der Waals surface area contributed by atoms with Crippen LogP contribution in [0.2, 0.25) is 5.02 Å². The molecule has 4 aromatic rings. The van der Waals surface area contributed by atoms with Crippen molar-refractivity contribution in [1.82, 2.24) is 5.32 Å². The predicted octanol–water partition coefficient (Wildman–Crippen LogP) is 6.89. The Balaban J connectivity index is 1.33. The molecule has 0 atom stereocenters. The lowest BCUT2D eigenvalue weighted by Crippen LogP contribution is -2.37. The Kier molecular flexibility index (Phi) is 10.3. The number of nitrogens with zero attached hydrogens (tertiary/aromatic N) is 1. The molecule has 8 heteroatoms. The molecule has 0 aliphatic carbocycles. The molecule has 0 aliphatic rings. The Bertz CT molecular complexity index is 1340. The Hall–Kier alpha value is -4.33. The summed E-state index contributed by atoms with van der Waals surface area (Å²) in [5.41, 5.74) is 2.28. The van der Waals surface area contributed by atoms with Gasteiger partial charge in [-0.2, -0.15) is 0 Å². The first-order chi connectivity index (χ1) is 19.1. The Morgan fingerprint density at radius 3 is 2.21 bits per heavy atom. The van der Waals surface area contributed by atoms with E-state index in [0.717, 1.165) is 11.3 Å². The molecule has 4 rings (SSSR count). The maximum absolute atomic E-state index is 13.2. The Morgan fingerprint density at radius 1 is 0.795 bits per heavy atom. The van der Waals surface area contributed by atoms with E-state index in [9.17, 15) is 9.59 Å². The summed E-state index contributed by atoms with van der Waals surface area (Å²) in [6, 6.07) is 33.1. The van der Waals surface area contributed by atoms with Gasteiger partial charge in [-0.25, -0.2) is 4.79 Å². The van der Waals surface area contributed by atoms with Crippen LogP contribution in [-0.2, 0) is 16.1 Å². The quantitative estimate of drug-likeness (QED) is 0.191. The monoisotopic (exact) mass is 543 g/mol. The number of halogens is 1. The molecular weight excluding hydrogens is 514 g/mol. The van der Waals surface area contributed by atoms with Crippen molar-refractivity contribution in [2.75, 3.05) is 29.9 Å². The third-order valence-corrected chi connectivity index (χ3v) is 5.91. The van der Waals surface area contributed by atoms with Gasteiger partial charge >= 0.3 is 6.03 Å². The van der Waals surface area contributed by atoms with Crippen LogP contribution >= 0.6 is 11.6 Å². The molecule has 0 heterocycles. The average molecular weight is 544 g/mol. The van der Waals surface area contributed by atoms with E-state index >= 15 is 0 Å². The van der Waals surface area contributed by atoms with Gasteiger partial charge in [0.1, 0.15) is 18.1 Å². The van der Waals surface area contributed by atoms with Crippen LogP contribution in [-0.4, -0.2) is 31.6 Å². The van der Waals surface area contributed by atoms with Crippen molar-refractivity contribution < 1.29 is 19.1 Å². The summed E-state index contributed by atoms with van der Waals surface area (Å²) in [5, 5.41) is 6.27. The van der Waals surface area contributed by atoms with Gasteiger partial charge in [0.25, 0.3) is 0 Å². The molecule has 0 fully saturated rings. The fraction of sp³-hybridized carbons (Fsp3) is 0.161. The molecular formula is C31H30ClN3O4. The third-order valence-electron chi connectivity index (χ3n) is 5.67. The number of rotatable bonds is 12. The molecule has 0 bridgehead atoms. The third kappa shape index (κ3) is 9.17. The predicted molar refractivity (Wildman–Crippen MR) is 154 cm³/mol. The van der Waals surface area contributed by atoms with Crippen LogP contribution in [0, 0.1) is 0 Å². The highest BCUT2D eigenvalue weighted by molar-refractivity contribution is 6.30. The second kappa shape index (κ2) is 14.6. The highest BCUT2D eigenvalue weighted by Gasteiger charge is 2.16. The number of nitrogens with one attached hydrogen (secondary N) is 2. The highest BCUT2D eigenvalue weighted by atomic mass is 35.5. The number of hydrogen-bond donors (Lipinski definition) is 2. The second-order valence-corrected chi connectivity index (χ2v) is 9.12. The number of amides is 3. The topological polar surface area (TPSA) is 79.9 Å². The first kappa shape index (κ1) is 27.7. The SMILES string of the molecule is O=C(COCc1ccccc1)NCCCN(C(=O)Nc1cccc(Cl)c1)c1ccc(Oc2ccccc2)cc1. The fourth-order valence-electron chi connectivity index (χ4n) is 3.78. The average Bonchev–Trinajstić information content (AvgIpc) is 2.95. The molecule has 0 saturated heterocycles. The minimum absolute atomic E-state index is 0.0310. The zero-order chi connectivity index (χ0) is 27.3. The molecule has 2 N–H and O–H groups in total. The lowest BCUT2D eigenvalue weighted by Gasteiger charge is -2.24. The number of benzene rings is 4. The van der Waals surface area contributed by atoms with Crippen LogP contribution in [0.15, 0.2) is 109 Å². The van der Waals surface area contributed by atoms with Gasteiger partial charge in [-0.15, -0.1) is 0 Å². The number of carbonyl (C=O) groups is 2. The van der Waals surface area contributed by atoms with Gasteiger partial charge in [0.2, 0.25) is 5.91 Å². The summed E-state index contributed by atoms with van der Waals surface area (Å²) >= 11 is 6.08. The van der Waals surface area contributed by atoms with Gasteiger partial charge in [0.15, 0.2) is 0 Å². The van der Waals surface area contributed by atoms with Gasteiger partial charge in [0.05, 0.1) is 6.61 Å². The van der Waals surface area contributed by atoms with Gasteiger partial charge in [0, 0.05) is 29.5 Å². The zero-order valence-corrected chi connectivity index (χ0v) is 22.1. The van der Waals surface area contributed by atoms with Crippen LogP contribution in [0.4, 0.5) is 16.2 Å². The van der Waals surface area contributed by atoms with Crippen LogP contribution in [0.1, 0.15) is 12.0 Å². The summed E-state index contributed by atoms with van der Waals surface area (Å²) in [6.45, 7) is 1.10. The maximum Gasteiger partial charge on any atom is 0.326 e. The van der Waals surface area contributed by atoms with E-state index in [1.807, 2.05) is 84.9 Å². The first-order valence-electron chi connectivity index (χ1n) is 12.6. The van der Waals surface area contributed by atoms with Crippen molar-refractivity contribution >= 4 is 34.9 Å². The van der Waals surface area contributed by atoms with Crippen molar-refractivity contribution in [2.45, 2.75) is 13.0 Å². The molecule has 200 valence electrons. The number of hydrogen-bond acceptors (Lipinski definition) is 4. The zero-order valence-electron chi connectivity index (χ0n) is 21.4. The molecule has 7 nitrogen and oxygen atoms in total. The van der Waals surface area contributed by atoms with E-state index in [-0.39, 0.29) is 18.5 Å². The summed E-state index contributed by atoms with van der Waals surface area (Å²) in [5.74, 6) is 1.18. The molecule has 0 saturated carbocycles. The molecule has 0 unspecified atom stereocenters. The van der Waals surface area contributed by atoms with Crippen molar-refractivity contribution in [3.05, 3.63) is 120 Å². The minimum Gasteiger partial charge on any atom is -0.457 e. The van der Waals surface area contributed by atoms with Gasteiger partial charge in [-0.1, -0.05) is 66.2 Å². The summed E-state index contributed by atoms with van der Waals surface area (Å²) in [4.78, 5) is 27.0. The number of urea groups is 1. The van der Waals surface area contributed by atoms with Crippen LogP contribution in [0.25, 0.3) is 0 Å². The molecule has 0 spiro atoms. The summed E-state index contributed by atoms with van der Waals surface area (Å²) < 4.78 is 11.4. The maximum atomic E-state index is 13.2. The lowest BCUT2D eigenvalue weighted by atomic mass is 10.2. The largest absolute Gasteiger partial charge is 0.457 e. The summed E-state index contributed by atoms with van der Waals surface area (Å²) in [7, 11) is 0. The minimum atomic E-state index is -0.313. The molecule has 3 amide bonds. The van der Waals surface area contributed by atoms with Crippen LogP contribution in [0.3, 0.4) is 0 Å². The number of ether oxygens (including phenoxy) is 2. The van der Waals surface area contributed by atoms with E-state index in [1.54, 1.807) is 29.2 Å². The van der Waals surface area contributed by atoms with Crippen LogP contribution in [0.5, 0.6) is 11.5 Å². The summed E-state index contributed by atoms with van der Waals surface area (Å²) in [6.07, 6.45) is 0.537. The van der Waals surface area contributed by atoms with Crippen LogP contribution < -0.4 is 20.3 Å². The number of anilines is 2. The van der Waals surface area contributed by atoms with E-state index in [1.165, 1.54) is 0 Å². The van der Waals surface area contributed by atoms with E-state index in [0.29, 0.717) is 48.3 Å². The number of para-hydroxylation sites is 1. The fourth-order valence-corrected chi connectivity index (χ4v) is 3.97. The van der Waals surface area contributed by atoms with Gasteiger partial charge in [-0.05, 0) is 66.6 Å². The Labute approximate surface area is 233 Å². The molecule has 4 aromatic carbocycles. The lowest BCUT2D eigenvalue weighted by molar-refractivity contribution is -0.126. The van der Waals surface area contributed by atoms with Gasteiger partial charge < -0.3 is 20.1 Å². The van der Waals surface area contributed by atoms with Crippen molar-refractivity contribution in [1.29, 1.82) is 0 Å². The number of carbonyl (C=O) groups excluding carboxylic acids is 2. The Morgan fingerprint density at radius 2 is 1.49 bits per heavy atom. The molecule has 39 heavy (non-hydrogen) atoms. The molecule has 0 radical (unpaired) electrons. The smallest absolute Gasteiger partial charge is 0.326 e. The van der Waals surface area contributed by atoms with E-state index < -0.39 is 0 Å². The second-order valence-electron chi connectivity index (χ2n) is 8.68. The normalized spacial score (nSPS) is 10.5. The standard InChI is InChI=1S/C31H30ClN3O4/c32-25-11-7-12-26(21-25)34-31(37)35(27-15-17-29(18-16-27)39-28-13-5-2-6-14-28)20-8-19-33-30(36)23-38-22-24-9-3-1-4-10-24/h1-7,9-18,21H,8,19-20,22-23H2,(H,33,36)(H,34,37). The molecule has 0 aliphatic heterocycles. The van der Waals surface area contributed by atoms with E-state index in [2.05, 4.69) is 10.6 Å². The first-order valence-corrected chi connectivity index (χ1v) is 13.0. The van der Waals surface area contributed by atoms with E-state index in [4.69, 9.17) is 21.1 Å². The van der Waals surface area contributed by atoms with Crippen molar-refractivity contribution in [3.63, 3.8) is 0 Å². The van der Waals surface area contributed by atoms with Crippen molar-refractivity contribution in [3.8, 4) is 11.5 Å². The van der Waals surface area contributed by atoms with Crippen molar-refractivity contribution in [2.24, 2.45) is 0 Å². The highest BCUT2D eigenvalue weighted by Crippen LogP contribution is 2.25.